The Balaban J connectivity index is 2.23. The van der Waals surface area contributed by atoms with Gasteiger partial charge in [-0.15, -0.1) is 0 Å². The summed E-state index contributed by atoms with van der Waals surface area (Å²) < 4.78 is 0. The number of carbonyl (C=O) groups is 1. The molecule has 0 aromatic heterocycles. The van der Waals surface area contributed by atoms with E-state index in [9.17, 15) is 4.79 Å². The first-order valence-corrected chi connectivity index (χ1v) is 6.83. The third-order valence-corrected chi connectivity index (χ3v) is 3.26. The highest BCUT2D eigenvalue weighted by Gasteiger charge is 2.06. The fraction of sp³-hybridized carbons (Fsp3) is 0.167. The Hall–Kier alpha value is -2.55. The molecular weight excluding hydrogens is 262 g/mol. The molecular formula is C18H19NO2. The summed E-state index contributed by atoms with van der Waals surface area (Å²) in [5.74, 6) is -0.939. The number of hydrogen-bond donors (Lipinski definition) is 1. The van der Waals surface area contributed by atoms with Crippen LogP contribution in [0.2, 0.25) is 0 Å². The number of rotatable bonds is 5. The van der Waals surface area contributed by atoms with Crippen LogP contribution in [0, 0.1) is 6.92 Å². The molecule has 0 aliphatic rings. The zero-order chi connectivity index (χ0) is 15.2. The van der Waals surface area contributed by atoms with Crippen LogP contribution in [-0.4, -0.2) is 18.1 Å². The number of carboxylic acid groups (broad SMARTS) is 1. The van der Waals surface area contributed by atoms with E-state index in [2.05, 4.69) is 36.1 Å². The summed E-state index contributed by atoms with van der Waals surface area (Å²) in [6, 6.07) is 16.2. The Morgan fingerprint density at radius 3 is 2.67 bits per heavy atom. The standard InChI is InChI=1S/C18H19NO2/c1-14-6-5-7-15(12-14)13-19(2)17-9-4-3-8-16(17)10-11-18(20)21/h3-12H,13H2,1-2H3,(H,20,21). The van der Waals surface area contributed by atoms with Crippen LogP contribution >= 0.6 is 0 Å². The zero-order valence-corrected chi connectivity index (χ0v) is 12.3. The molecule has 21 heavy (non-hydrogen) atoms. The Kier molecular flexibility index (Phi) is 4.77. The lowest BCUT2D eigenvalue weighted by atomic mass is 10.1. The first-order chi connectivity index (χ1) is 10.1. The molecule has 0 saturated carbocycles. The largest absolute Gasteiger partial charge is 0.478 e. The predicted octanol–water partition coefficient (Wildman–Crippen LogP) is 3.73. The van der Waals surface area contributed by atoms with E-state index in [1.54, 1.807) is 6.08 Å². The molecule has 0 bridgehead atoms. The number of nitrogens with zero attached hydrogens (tertiary/aromatic N) is 1. The van der Waals surface area contributed by atoms with Gasteiger partial charge in [0.2, 0.25) is 0 Å². The van der Waals surface area contributed by atoms with Crippen LogP contribution in [0.3, 0.4) is 0 Å². The minimum absolute atomic E-state index is 0.777. The second kappa shape index (κ2) is 6.75. The molecule has 0 unspecified atom stereocenters. The normalized spacial score (nSPS) is 10.8. The SMILES string of the molecule is Cc1cccc(CN(C)c2ccccc2C=CC(=O)O)c1. The van der Waals surface area contributed by atoms with E-state index in [0.717, 1.165) is 17.8 Å². The maximum atomic E-state index is 10.7. The van der Waals surface area contributed by atoms with Crippen molar-refractivity contribution in [2.45, 2.75) is 13.5 Å². The van der Waals surface area contributed by atoms with Gasteiger partial charge in [-0.2, -0.15) is 0 Å². The number of anilines is 1. The van der Waals surface area contributed by atoms with E-state index in [1.807, 2.05) is 31.3 Å². The molecule has 0 radical (unpaired) electrons. The van der Waals surface area contributed by atoms with Gasteiger partial charge >= 0.3 is 5.97 Å². The van der Waals surface area contributed by atoms with Crippen LogP contribution in [0.1, 0.15) is 16.7 Å². The quantitative estimate of drug-likeness (QED) is 0.849. The van der Waals surface area contributed by atoms with Gasteiger partial charge in [0.05, 0.1) is 0 Å². The Morgan fingerprint density at radius 2 is 1.95 bits per heavy atom. The van der Waals surface area contributed by atoms with E-state index in [4.69, 9.17) is 5.11 Å². The molecule has 0 fully saturated rings. The molecule has 0 aliphatic carbocycles. The molecule has 2 rings (SSSR count). The van der Waals surface area contributed by atoms with E-state index in [-0.39, 0.29) is 0 Å². The van der Waals surface area contributed by atoms with Crippen molar-refractivity contribution in [3.8, 4) is 0 Å². The molecule has 108 valence electrons. The fourth-order valence-electron chi connectivity index (χ4n) is 2.31. The third-order valence-electron chi connectivity index (χ3n) is 3.26. The molecule has 0 atom stereocenters. The minimum atomic E-state index is -0.939. The van der Waals surface area contributed by atoms with Crippen molar-refractivity contribution in [1.29, 1.82) is 0 Å². The first kappa shape index (κ1) is 14.9. The summed E-state index contributed by atoms with van der Waals surface area (Å²) in [6.07, 6.45) is 2.80. The number of benzene rings is 2. The Labute approximate surface area is 125 Å². The van der Waals surface area contributed by atoms with Crippen molar-refractivity contribution in [3.05, 3.63) is 71.3 Å². The second-order valence-electron chi connectivity index (χ2n) is 5.08. The van der Waals surface area contributed by atoms with Gasteiger partial charge in [-0.3, -0.25) is 0 Å². The van der Waals surface area contributed by atoms with Crippen LogP contribution in [0.25, 0.3) is 6.08 Å². The van der Waals surface area contributed by atoms with Gasteiger partial charge in [-0.1, -0.05) is 48.0 Å². The van der Waals surface area contributed by atoms with Gasteiger partial charge in [-0.25, -0.2) is 4.79 Å². The highest BCUT2D eigenvalue weighted by atomic mass is 16.4. The van der Waals surface area contributed by atoms with Gasteiger partial charge in [0.25, 0.3) is 0 Å². The molecule has 3 nitrogen and oxygen atoms in total. The number of hydrogen-bond acceptors (Lipinski definition) is 2. The smallest absolute Gasteiger partial charge is 0.328 e. The van der Waals surface area contributed by atoms with Crippen molar-refractivity contribution in [2.24, 2.45) is 0 Å². The van der Waals surface area contributed by atoms with Crippen LogP contribution in [0.4, 0.5) is 5.69 Å². The fourth-order valence-corrected chi connectivity index (χ4v) is 2.31. The molecule has 0 heterocycles. The second-order valence-corrected chi connectivity index (χ2v) is 5.08. The summed E-state index contributed by atoms with van der Waals surface area (Å²) in [7, 11) is 2.01. The number of aliphatic carboxylic acids is 1. The van der Waals surface area contributed by atoms with Crippen molar-refractivity contribution in [1.82, 2.24) is 0 Å². The Bertz CT molecular complexity index is 662. The van der Waals surface area contributed by atoms with Crippen LogP contribution in [0.5, 0.6) is 0 Å². The maximum absolute atomic E-state index is 10.7. The average Bonchev–Trinajstić information content (AvgIpc) is 2.45. The summed E-state index contributed by atoms with van der Waals surface area (Å²) >= 11 is 0. The van der Waals surface area contributed by atoms with Crippen molar-refractivity contribution in [3.63, 3.8) is 0 Å². The minimum Gasteiger partial charge on any atom is -0.478 e. The van der Waals surface area contributed by atoms with Crippen LogP contribution < -0.4 is 4.90 Å². The third kappa shape index (κ3) is 4.21. The van der Waals surface area contributed by atoms with Crippen LogP contribution in [-0.2, 0) is 11.3 Å². The van der Waals surface area contributed by atoms with Gasteiger partial charge in [-0.05, 0) is 30.2 Å². The van der Waals surface area contributed by atoms with E-state index in [0.29, 0.717) is 0 Å². The average molecular weight is 281 g/mol. The topological polar surface area (TPSA) is 40.5 Å². The predicted molar refractivity (Wildman–Crippen MR) is 86.4 cm³/mol. The number of carboxylic acids is 1. The number of para-hydroxylation sites is 1. The van der Waals surface area contributed by atoms with Gasteiger partial charge in [0, 0.05) is 25.4 Å². The monoisotopic (exact) mass is 281 g/mol. The molecule has 2 aromatic carbocycles. The molecule has 1 N–H and O–H groups in total. The highest BCUT2D eigenvalue weighted by molar-refractivity contribution is 5.86. The van der Waals surface area contributed by atoms with Gasteiger partial charge < -0.3 is 10.0 Å². The van der Waals surface area contributed by atoms with E-state index >= 15 is 0 Å². The molecule has 0 saturated heterocycles. The van der Waals surface area contributed by atoms with E-state index < -0.39 is 5.97 Å². The molecule has 0 amide bonds. The first-order valence-electron chi connectivity index (χ1n) is 6.83. The lowest BCUT2D eigenvalue weighted by Crippen LogP contribution is -2.17. The molecule has 0 aliphatic heterocycles. The van der Waals surface area contributed by atoms with E-state index in [1.165, 1.54) is 17.2 Å². The molecule has 2 aromatic rings. The van der Waals surface area contributed by atoms with Crippen molar-refractivity contribution < 1.29 is 9.90 Å². The summed E-state index contributed by atoms with van der Waals surface area (Å²) in [5, 5.41) is 8.77. The summed E-state index contributed by atoms with van der Waals surface area (Å²) in [4.78, 5) is 12.8. The van der Waals surface area contributed by atoms with Crippen LogP contribution in [0.15, 0.2) is 54.6 Å². The summed E-state index contributed by atoms with van der Waals surface area (Å²) in [6.45, 7) is 2.85. The highest BCUT2D eigenvalue weighted by Crippen LogP contribution is 2.22. The summed E-state index contributed by atoms with van der Waals surface area (Å²) in [5.41, 5.74) is 4.38. The maximum Gasteiger partial charge on any atom is 0.328 e. The lowest BCUT2D eigenvalue weighted by Gasteiger charge is -2.21. The van der Waals surface area contributed by atoms with Crippen molar-refractivity contribution >= 4 is 17.7 Å². The zero-order valence-electron chi connectivity index (χ0n) is 12.3. The van der Waals surface area contributed by atoms with Gasteiger partial charge in [0.1, 0.15) is 0 Å². The van der Waals surface area contributed by atoms with Gasteiger partial charge in [0.15, 0.2) is 0 Å². The number of aryl methyl sites for hydroxylation is 1. The lowest BCUT2D eigenvalue weighted by molar-refractivity contribution is -0.131. The molecule has 0 spiro atoms. The Morgan fingerprint density at radius 1 is 1.19 bits per heavy atom. The van der Waals surface area contributed by atoms with Crippen molar-refractivity contribution in [2.75, 3.05) is 11.9 Å². The molecule has 3 heteroatoms.